The summed E-state index contributed by atoms with van der Waals surface area (Å²) >= 11 is 0. The zero-order valence-corrected chi connectivity index (χ0v) is 11.6. The van der Waals surface area contributed by atoms with Crippen molar-refractivity contribution in [2.45, 2.75) is 6.61 Å². The average Bonchev–Trinajstić information content (AvgIpc) is 2.45. The Morgan fingerprint density at radius 2 is 1.80 bits per heavy atom. The van der Waals surface area contributed by atoms with Gasteiger partial charge in [0, 0.05) is 19.7 Å². The van der Waals surface area contributed by atoms with E-state index in [-0.39, 0.29) is 12.4 Å². The van der Waals surface area contributed by atoms with Gasteiger partial charge in [0.05, 0.1) is 6.21 Å². The Labute approximate surface area is 118 Å². The third-order valence-electron chi connectivity index (χ3n) is 2.67. The minimum Gasteiger partial charge on any atom is -0.489 e. The zero-order chi connectivity index (χ0) is 14.4. The molecule has 0 saturated carbocycles. The summed E-state index contributed by atoms with van der Waals surface area (Å²) in [6.07, 6.45) is 1.76. The Kier molecular flexibility index (Phi) is 4.71. The lowest BCUT2D eigenvalue weighted by molar-refractivity contribution is 0.300. The lowest BCUT2D eigenvalue weighted by atomic mass is 10.2. The van der Waals surface area contributed by atoms with Crippen LogP contribution in [0.2, 0.25) is 0 Å². The number of nitrogens with zero attached hydrogens (tertiary/aromatic N) is 2. The molecule has 0 saturated heterocycles. The summed E-state index contributed by atoms with van der Waals surface area (Å²) in [4.78, 5) is 0. The van der Waals surface area contributed by atoms with Crippen LogP contribution in [0, 0.1) is 5.82 Å². The molecule has 0 amide bonds. The highest BCUT2D eigenvalue weighted by atomic mass is 19.1. The van der Waals surface area contributed by atoms with Gasteiger partial charge in [0.15, 0.2) is 0 Å². The molecule has 3 nitrogen and oxygen atoms in total. The predicted molar refractivity (Wildman–Crippen MR) is 78.5 cm³/mol. The normalized spacial score (nSPS) is 10.8. The zero-order valence-electron chi connectivity index (χ0n) is 11.6. The van der Waals surface area contributed by atoms with Gasteiger partial charge in [-0.05, 0) is 35.9 Å². The SMILES string of the molecule is CN(C)/N=C/c1ccc(OCc2ccccc2F)cc1. The maximum atomic E-state index is 13.4. The van der Waals surface area contributed by atoms with Crippen molar-refractivity contribution < 1.29 is 9.13 Å². The van der Waals surface area contributed by atoms with Crippen LogP contribution in [0.3, 0.4) is 0 Å². The Balaban J connectivity index is 1.96. The van der Waals surface area contributed by atoms with E-state index in [4.69, 9.17) is 4.74 Å². The van der Waals surface area contributed by atoms with Gasteiger partial charge in [-0.25, -0.2) is 4.39 Å². The average molecular weight is 272 g/mol. The summed E-state index contributed by atoms with van der Waals surface area (Å²) in [6.45, 7) is 0.220. The molecule has 2 aromatic carbocycles. The first kappa shape index (κ1) is 14.1. The number of hydrazone groups is 1. The van der Waals surface area contributed by atoms with E-state index in [1.54, 1.807) is 29.4 Å². The van der Waals surface area contributed by atoms with Crippen molar-refractivity contribution in [2.75, 3.05) is 14.1 Å². The minimum absolute atomic E-state index is 0.220. The first-order valence-corrected chi connectivity index (χ1v) is 6.33. The molecule has 0 atom stereocenters. The Morgan fingerprint density at radius 1 is 1.10 bits per heavy atom. The van der Waals surface area contributed by atoms with Crippen molar-refractivity contribution in [3.05, 3.63) is 65.5 Å². The third kappa shape index (κ3) is 4.09. The van der Waals surface area contributed by atoms with Crippen LogP contribution in [0.15, 0.2) is 53.6 Å². The Hall–Kier alpha value is -2.36. The van der Waals surface area contributed by atoms with Gasteiger partial charge < -0.3 is 9.75 Å². The molecule has 0 radical (unpaired) electrons. The number of rotatable bonds is 5. The summed E-state index contributed by atoms with van der Waals surface area (Å²) in [6, 6.07) is 14.1. The number of hydrogen-bond acceptors (Lipinski definition) is 3. The highest BCUT2D eigenvalue weighted by molar-refractivity contribution is 5.79. The summed E-state index contributed by atoms with van der Waals surface area (Å²) in [5.41, 5.74) is 1.53. The number of ether oxygens (including phenoxy) is 1. The molecule has 20 heavy (non-hydrogen) atoms. The minimum atomic E-state index is -0.248. The molecule has 0 bridgehead atoms. The van der Waals surface area contributed by atoms with Crippen LogP contribution in [-0.2, 0) is 6.61 Å². The number of halogens is 1. The smallest absolute Gasteiger partial charge is 0.129 e. The summed E-state index contributed by atoms with van der Waals surface area (Å²) in [5, 5.41) is 5.87. The Morgan fingerprint density at radius 3 is 2.45 bits per heavy atom. The van der Waals surface area contributed by atoms with E-state index in [0.717, 1.165) is 5.56 Å². The molecule has 0 spiro atoms. The highest BCUT2D eigenvalue weighted by Crippen LogP contribution is 2.15. The lowest BCUT2D eigenvalue weighted by Gasteiger charge is -2.07. The van der Waals surface area contributed by atoms with Crippen molar-refractivity contribution in [2.24, 2.45) is 5.10 Å². The second-order valence-electron chi connectivity index (χ2n) is 4.54. The van der Waals surface area contributed by atoms with Crippen molar-refractivity contribution in [3.8, 4) is 5.75 Å². The monoisotopic (exact) mass is 272 g/mol. The predicted octanol–water partition coefficient (Wildman–Crippen LogP) is 3.30. The second kappa shape index (κ2) is 6.70. The molecule has 0 heterocycles. The van der Waals surface area contributed by atoms with E-state index in [1.807, 2.05) is 38.4 Å². The summed E-state index contributed by atoms with van der Waals surface area (Å²) < 4.78 is 19.0. The van der Waals surface area contributed by atoms with Crippen LogP contribution in [0.25, 0.3) is 0 Å². The molecule has 0 fully saturated rings. The third-order valence-corrected chi connectivity index (χ3v) is 2.67. The van der Waals surface area contributed by atoms with E-state index in [2.05, 4.69) is 5.10 Å². The van der Waals surface area contributed by atoms with E-state index in [0.29, 0.717) is 11.3 Å². The second-order valence-corrected chi connectivity index (χ2v) is 4.54. The van der Waals surface area contributed by atoms with Crippen LogP contribution in [0.4, 0.5) is 4.39 Å². The topological polar surface area (TPSA) is 24.8 Å². The lowest BCUT2D eigenvalue weighted by Crippen LogP contribution is -2.02. The van der Waals surface area contributed by atoms with Crippen LogP contribution < -0.4 is 4.74 Å². The fourth-order valence-electron chi connectivity index (χ4n) is 1.61. The van der Waals surface area contributed by atoms with E-state index >= 15 is 0 Å². The molecular formula is C16H17FN2O. The van der Waals surface area contributed by atoms with Crippen LogP contribution in [-0.4, -0.2) is 25.3 Å². The summed E-state index contributed by atoms with van der Waals surface area (Å²) in [7, 11) is 3.73. The van der Waals surface area contributed by atoms with Crippen molar-refractivity contribution in [3.63, 3.8) is 0 Å². The molecule has 2 rings (SSSR count). The first-order chi connectivity index (χ1) is 9.65. The van der Waals surface area contributed by atoms with E-state index in [1.165, 1.54) is 6.07 Å². The van der Waals surface area contributed by atoms with Gasteiger partial charge in [0.1, 0.15) is 18.2 Å². The molecule has 104 valence electrons. The van der Waals surface area contributed by atoms with Gasteiger partial charge in [-0.15, -0.1) is 0 Å². The summed E-state index contributed by atoms with van der Waals surface area (Å²) in [5.74, 6) is 0.456. The van der Waals surface area contributed by atoms with Crippen molar-refractivity contribution in [1.82, 2.24) is 5.01 Å². The van der Waals surface area contributed by atoms with Crippen LogP contribution >= 0.6 is 0 Å². The molecule has 0 unspecified atom stereocenters. The molecule has 0 N–H and O–H groups in total. The van der Waals surface area contributed by atoms with Gasteiger partial charge in [0.2, 0.25) is 0 Å². The number of benzene rings is 2. The van der Waals surface area contributed by atoms with Gasteiger partial charge >= 0.3 is 0 Å². The van der Waals surface area contributed by atoms with Gasteiger partial charge in [0.25, 0.3) is 0 Å². The molecule has 0 aromatic heterocycles. The maximum Gasteiger partial charge on any atom is 0.129 e. The largest absolute Gasteiger partial charge is 0.489 e. The molecule has 0 aliphatic rings. The van der Waals surface area contributed by atoms with Crippen molar-refractivity contribution >= 4 is 6.21 Å². The van der Waals surface area contributed by atoms with Gasteiger partial charge in [-0.1, -0.05) is 18.2 Å². The van der Waals surface area contributed by atoms with E-state index in [9.17, 15) is 4.39 Å². The quantitative estimate of drug-likeness (QED) is 0.616. The fourth-order valence-corrected chi connectivity index (χ4v) is 1.61. The van der Waals surface area contributed by atoms with Crippen LogP contribution in [0.1, 0.15) is 11.1 Å². The molecular weight excluding hydrogens is 255 g/mol. The van der Waals surface area contributed by atoms with Gasteiger partial charge in [-0.2, -0.15) is 5.10 Å². The first-order valence-electron chi connectivity index (χ1n) is 6.33. The number of hydrogen-bond donors (Lipinski definition) is 0. The molecule has 2 aromatic rings. The molecule has 0 aliphatic carbocycles. The fraction of sp³-hybridized carbons (Fsp3) is 0.188. The van der Waals surface area contributed by atoms with E-state index < -0.39 is 0 Å². The Bertz CT molecular complexity index is 579. The maximum absolute atomic E-state index is 13.4. The molecule has 4 heteroatoms. The van der Waals surface area contributed by atoms with Gasteiger partial charge in [-0.3, -0.25) is 0 Å². The highest BCUT2D eigenvalue weighted by Gasteiger charge is 2.01. The van der Waals surface area contributed by atoms with Crippen LogP contribution in [0.5, 0.6) is 5.75 Å². The van der Waals surface area contributed by atoms with Crippen molar-refractivity contribution in [1.29, 1.82) is 0 Å². The molecule has 0 aliphatic heterocycles. The standard InChI is InChI=1S/C16H17FN2O/c1-19(2)18-11-13-7-9-15(10-8-13)20-12-14-5-3-4-6-16(14)17/h3-11H,12H2,1-2H3/b18-11+.